The van der Waals surface area contributed by atoms with Crippen molar-refractivity contribution >= 4 is 33.0 Å². The number of aromatic nitrogens is 6. The standard InChI is InChI=1S/C24H24Cl2N6O3S/c1-14-8-17(12-27-9-14)24-31-30-20(32(24)21-18(25)6-5-7-19(21)26)13-36(33,34)16(3)22(35-4)23-28-10-15(2)11-29-23/h5-12,16,22H,13H2,1-4H3/t16-,22-/m0/s1. The zero-order valence-corrected chi connectivity index (χ0v) is 22.4. The van der Waals surface area contributed by atoms with Crippen molar-refractivity contribution in [2.24, 2.45) is 0 Å². The fourth-order valence-corrected chi connectivity index (χ4v) is 5.75. The first-order valence-corrected chi connectivity index (χ1v) is 13.4. The molecule has 0 unspecified atom stereocenters. The number of halogens is 2. The first-order chi connectivity index (χ1) is 17.1. The molecular formula is C24H24Cl2N6O3S. The number of methoxy groups -OCH3 is 1. The topological polar surface area (TPSA) is 113 Å². The van der Waals surface area contributed by atoms with Crippen LogP contribution in [0.1, 0.15) is 35.8 Å². The molecule has 0 aliphatic rings. The van der Waals surface area contributed by atoms with Gasteiger partial charge in [-0.1, -0.05) is 29.3 Å². The molecule has 0 aliphatic carbocycles. The van der Waals surface area contributed by atoms with Gasteiger partial charge in [0.2, 0.25) is 0 Å². The number of ether oxygens (including phenoxy) is 1. The summed E-state index contributed by atoms with van der Waals surface area (Å²) in [7, 11) is -2.42. The number of sulfone groups is 1. The second-order valence-electron chi connectivity index (χ2n) is 8.38. The Morgan fingerprint density at radius 2 is 1.67 bits per heavy atom. The molecule has 2 atom stereocenters. The molecule has 188 valence electrons. The van der Waals surface area contributed by atoms with Gasteiger partial charge in [0.1, 0.15) is 11.9 Å². The minimum absolute atomic E-state index is 0.146. The van der Waals surface area contributed by atoms with Crippen LogP contribution in [-0.2, 0) is 20.3 Å². The molecule has 0 aliphatic heterocycles. The number of pyridine rings is 1. The van der Waals surface area contributed by atoms with E-state index in [4.69, 9.17) is 27.9 Å². The van der Waals surface area contributed by atoms with Crippen LogP contribution in [0.4, 0.5) is 0 Å². The zero-order valence-electron chi connectivity index (χ0n) is 20.1. The van der Waals surface area contributed by atoms with Gasteiger partial charge in [-0.2, -0.15) is 0 Å². The summed E-state index contributed by atoms with van der Waals surface area (Å²) in [4.78, 5) is 12.7. The summed E-state index contributed by atoms with van der Waals surface area (Å²) in [6, 6.07) is 6.90. The molecule has 0 bridgehead atoms. The predicted molar refractivity (Wildman–Crippen MR) is 138 cm³/mol. The van der Waals surface area contributed by atoms with Gasteiger partial charge in [0, 0.05) is 37.5 Å². The van der Waals surface area contributed by atoms with E-state index in [1.54, 1.807) is 54.5 Å². The van der Waals surface area contributed by atoms with Gasteiger partial charge in [-0.25, -0.2) is 18.4 Å². The van der Waals surface area contributed by atoms with E-state index < -0.39 is 26.9 Å². The first-order valence-electron chi connectivity index (χ1n) is 11.0. The first kappa shape index (κ1) is 26.2. The van der Waals surface area contributed by atoms with E-state index in [-0.39, 0.29) is 11.6 Å². The second-order valence-corrected chi connectivity index (χ2v) is 11.6. The third-order valence-electron chi connectivity index (χ3n) is 5.66. The maximum atomic E-state index is 13.6. The van der Waals surface area contributed by atoms with Crippen LogP contribution in [0.15, 0.2) is 49.1 Å². The lowest BCUT2D eigenvalue weighted by Gasteiger charge is -2.22. The van der Waals surface area contributed by atoms with Crippen LogP contribution in [0, 0.1) is 13.8 Å². The highest BCUT2D eigenvalue weighted by Gasteiger charge is 2.35. The highest BCUT2D eigenvalue weighted by Crippen LogP contribution is 2.34. The highest BCUT2D eigenvalue weighted by atomic mass is 35.5. The quantitative estimate of drug-likeness (QED) is 0.311. The van der Waals surface area contributed by atoms with Gasteiger partial charge >= 0.3 is 0 Å². The lowest BCUT2D eigenvalue weighted by atomic mass is 10.2. The maximum absolute atomic E-state index is 13.6. The summed E-state index contributed by atoms with van der Waals surface area (Å²) in [6.45, 7) is 5.30. The molecule has 3 aromatic heterocycles. The predicted octanol–water partition coefficient (Wildman–Crippen LogP) is 4.73. The second kappa shape index (κ2) is 10.6. The molecule has 0 saturated carbocycles. The van der Waals surface area contributed by atoms with E-state index in [2.05, 4.69) is 25.1 Å². The Morgan fingerprint density at radius 1 is 1.00 bits per heavy atom. The Kier molecular flexibility index (Phi) is 7.70. The van der Waals surface area contributed by atoms with Crippen molar-refractivity contribution in [2.75, 3.05) is 7.11 Å². The molecule has 0 fully saturated rings. The Hall–Kier alpha value is -2.92. The fourth-order valence-electron chi connectivity index (χ4n) is 3.77. The van der Waals surface area contributed by atoms with E-state index >= 15 is 0 Å². The molecule has 4 rings (SSSR count). The van der Waals surface area contributed by atoms with E-state index in [1.165, 1.54) is 7.11 Å². The molecule has 4 aromatic rings. The number of hydrogen-bond donors (Lipinski definition) is 0. The Balaban J connectivity index is 1.80. The molecule has 0 N–H and O–H groups in total. The number of rotatable bonds is 8. The summed E-state index contributed by atoms with van der Waals surface area (Å²) in [6.07, 6.45) is 5.68. The number of hydrogen-bond acceptors (Lipinski definition) is 8. The SMILES string of the molecule is CO[C@H](c1ncc(C)cn1)[C@H](C)S(=O)(=O)Cc1nnc(-c2cncc(C)c2)n1-c1c(Cl)cccc1Cl. The van der Waals surface area contributed by atoms with Gasteiger partial charge < -0.3 is 4.74 Å². The van der Waals surface area contributed by atoms with Crippen molar-refractivity contribution in [3.05, 3.63) is 81.9 Å². The van der Waals surface area contributed by atoms with Gasteiger partial charge in [0.05, 0.1) is 21.0 Å². The van der Waals surface area contributed by atoms with E-state index in [0.717, 1.165) is 11.1 Å². The van der Waals surface area contributed by atoms with Gasteiger partial charge in [-0.05, 0) is 50.1 Å². The van der Waals surface area contributed by atoms with Gasteiger partial charge in [-0.3, -0.25) is 9.55 Å². The van der Waals surface area contributed by atoms with Crippen LogP contribution < -0.4 is 0 Å². The van der Waals surface area contributed by atoms with Crippen LogP contribution in [-0.4, -0.2) is 50.5 Å². The van der Waals surface area contributed by atoms with E-state index in [0.29, 0.717) is 27.1 Å². The van der Waals surface area contributed by atoms with Crippen LogP contribution in [0.2, 0.25) is 10.0 Å². The summed E-state index contributed by atoms with van der Waals surface area (Å²) in [5, 5.41) is 8.18. The molecule has 0 spiro atoms. The van der Waals surface area contributed by atoms with Crippen molar-refractivity contribution < 1.29 is 13.2 Å². The molecular weight excluding hydrogens is 523 g/mol. The van der Waals surface area contributed by atoms with Crippen molar-refractivity contribution in [3.63, 3.8) is 0 Å². The molecule has 36 heavy (non-hydrogen) atoms. The third-order valence-corrected chi connectivity index (χ3v) is 8.31. The van der Waals surface area contributed by atoms with Crippen molar-refractivity contribution in [2.45, 2.75) is 37.9 Å². The Bertz CT molecular complexity index is 1470. The number of aryl methyl sites for hydroxylation is 2. The molecule has 0 saturated heterocycles. The average molecular weight is 547 g/mol. The van der Waals surface area contributed by atoms with Crippen LogP contribution >= 0.6 is 23.2 Å². The number of para-hydroxylation sites is 1. The largest absolute Gasteiger partial charge is 0.372 e. The molecule has 12 heteroatoms. The summed E-state index contributed by atoms with van der Waals surface area (Å²) >= 11 is 13.0. The highest BCUT2D eigenvalue weighted by molar-refractivity contribution is 7.91. The van der Waals surface area contributed by atoms with E-state index in [1.807, 2.05) is 19.9 Å². The van der Waals surface area contributed by atoms with Crippen LogP contribution in [0.25, 0.3) is 17.1 Å². The normalized spacial score (nSPS) is 13.5. The summed E-state index contributed by atoms with van der Waals surface area (Å²) in [5.74, 6) is 0.340. The van der Waals surface area contributed by atoms with Gasteiger partial charge in [0.25, 0.3) is 0 Å². The lowest BCUT2D eigenvalue weighted by Crippen LogP contribution is -2.30. The smallest absolute Gasteiger partial charge is 0.170 e. The maximum Gasteiger partial charge on any atom is 0.170 e. The average Bonchev–Trinajstić information content (AvgIpc) is 3.23. The van der Waals surface area contributed by atoms with Crippen molar-refractivity contribution in [1.82, 2.24) is 29.7 Å². The Morgan fingerprint density at radius 3 is 2.28 bits per heavy atom. The van der Waals surface area contributed by atoms with Crippen molar-refractivity contribution in [1.29, 1.82) is 0 Å². The van der Waals surface area contributed by atoms with Crippen LogP contribution in [0.3, 0.4) is 0 Å². The molecule has 1 aromatic carbocycles. The summed E-state index contributed by atoms with van der Waals surface area (Å²) in [5.41, 5.74) is 2.77. The van der Waals surface area contributed by atoms with E-state index in [9.17, 15) is 8.42 Å². The van der Waals surface area contributed by atoms with Crippen LogP contribution in [0.5, 0.6) is 0 Å². The molecule has 9 nitrogen and oxygen atoms in total. The molecule has 3 heterocycles. The van der Waals surface area contributed by atoms with Gasteiger partial charge in [-0.15, -0.1) is 10.2 Å². The number of benzene rings is 1. The molecule has 0 amide bonds. The fraction of sp³-hybridized carbons (Fsp3) is 0.292. The van der Waals surface area contributed by atoms with Gasteiger partial charge in [0.15, 0.2) is 27.3 Å². The summed E-state index contributed by atoms with van der Waals surface area (Å²) < 4.78 is 34.3. The minimum Gasteiger partial charge on any atom is -0.372 e. The minimum atomic E-state index is -3.85. The Labute approximate surface area is 219 Å². The molecule has 0 radical (unpaired) electrons. The number of nitrogens with zero attached hydrogens (tertiary/aromatic N) is 6. The third kappa shape index (κ3) is 5.27. The zero-order chi connectivity index (χ0) is 26.0. The van der Waals surface area contributed by atoms with Crippen molar-refractivity contribution in [3.8, 4) is 17.1 Å². The monoisotopic (exact) mass is 546 g/mol. The lowest BCUT2D eigenvalue weighted by molar-refractivity contribution is 0.0947.